The number of pyridine rings is 2. The number of amides is 2. The number of likely N-dealkylation sites (tertiary alicyclic amines) is 1. The summed E-state index contributed by atoms with van der Waals surface area (Å²) in [5.41, 5.74) is 1.04. The van der Waals surface area contributed by atoms with Gasteiger partial charge in [-0.15, -0.1) is 0 Å². The second-order valence-electron chi connectivity index (χ2n) is 9.71. The summed E-state index contributed by atoms with van der Waals surface area (Å²) in [5.74, 6) is -1.48. The van der Waals surface area contributed by atoms with E-state index >= 15 is 0 Å². The summed E-state index contributed by atoms with van der Waals surface area (Å²) in [6, 6.07) is 7.83. The molecule has 202 valence electrons. The van der Waals surface area contributed by atoms with Crippen LogP contribution in [0.3, 0.4) is 0 Å². The summed E-state index contributed by atoms with van der Waals surface area (Å²) in [5, 5.41) is 13.7. The number of nitrogens with zero attached hydrogens (tertiary/aromatic N) is 3. The second-order valence-corrected chi connectivity index (χ2v) is 9.71. The molecule has 4 rings (SSSR count). The van der Waals surface area contributed by atoms with Crippen LogP contribution in [0.1, 0.15) is 54.6 Å². The Hall–Kier alpha value is -3.79. The standard InChI is InChI=1S/C28H33FN4O5/c1-18(2)38-14-4-10-30-27(36)24-26(35)25-22(33(28(24)37)13-12-32-11-3-5-23(32)34)16-20(17-31-25)15-19-6-8-21(29)9-7-19/h6-9,16-18,35H,3-5,10-15H2,1-2H3,(H,30,36). The third-order valence-electron chi connectivity index (χ3n) is 6.51. The Balaban J connectivity index is 1.66. The molecule has 38 heavy (non-hydrogen) atoms. The van der Waals surface area contributed by atoms with E-state index in [0.717, 1.165) is 17.5 Å². The van der Waals surface area contributed by atoms with Crippen LogP contribution in [0, 0.1) is 5.82 Å². The lowest BCUT2D eigenvalue weighted by molar-refractivity contribution is -0.127. The summed E-state index contributed by atoms with van der Waals surface area (Å²) in [6.07, 6.45) is 3.86. The van der Waals surface area contributed by atoms with Gasteiger partial charge in [0, 0.05) is 45.4 Å². The minimum atomic E-state index is -0.692. The van der Waals surface area contributed by atoms with Crippen molar-refractivity contribution in [2.75, 3.05) is 26.2 Å². The highest BCUT2D eigenvalue weighted by molar-refractivity contribution is 6.01. The summed E-state index contributed by atoms with van der Waals surface area (Å²) in [7, 11) is 0. The maximum absolute atomic E-state index is 13.6. The van der Waals surface area contributed by atoms with E-state index in [-0.39, 0.29) is 42.0 Å². The van der Waals surface area contributed by atoms with E-state index in [1.807, 2.05) is 13.8 Å². The van der Waals surface area contributed by atoms with Gasteiger partial charge >= 0.3 is 0 Å². The van der Waals surface area contributed by atoms with Gasteiger partial charge < -0.3 is 24.6 Å². The van der Waals surface area contributed by atoms with Crippen LogP contribution >= 0.6 is 0 Å². The minimum absolute atomic E-state index is 0.0258. The fraction of sp³-hybridized carbons (Fsp3) is 0.429. The van der Waals surface area contributed by atoms with Crippen LogP contribution in [0.4, 0.5) is 4.39 Å². The van der Waals surface area contributed by atoms with Crippen LogP contribution in [0.15, 0.2) is 41.3 Å². The first-order valence-electron chi connectivity index (χ1n) is 12.9. The van der Waals surface area contributed by atoms with Gasteiger partial charge in [-0.2, -0.15) is 0 Å². The predicted octanol–water partition coefficient (Wildman–Crippen LogP) is 3.00. The van der Waals surface area contributed by atoms with E-state index in [9.17, 15) is 23.9 Å². The number of carbonyl (C=O) groups is 2. The number of aromatic hydroxyl groups is 1. The monoisotopic (exact) mass is 524 g/mol. The van der Waals surface area contributed by atoms with Crippen molar-refractivity contribution in [1.29, 1.82) is 0 Å². The molecule has 0 spiro atoms. The van der Waals surface area contributed by atoms with Crippen LogP contribution in [-0.2, 0) is 22.5 Å². The van der Waals surface area contributed by atoms with Crippen LogP contribution in [0.25, 0.3) is 11.0 Å². The van der Waals surface area contributed by atoms with E-state index in [0.29, 0.717) is 44.5 Å². The van der Waals surface area contributed by atoms with Crippen molar-refractivity contribution in [3.05, 3.63) is 69.4 Å². The van der Waals surface area contributed by atoms with Gasteiger partial charge in [0.1, 0.15) is 16.9 Å². The van der Waals surface area contributed by atoms with E-state index in [1.54, 1.807) is 29.3 Å². The first-order chi connectivity index (χ1) is 18.2. The normalized spacial score (nSPS) is 13.6. The summed E-state index contributed by atoms with van der Waals surface area (Å²) in [6.45, 7) is 5.62. The molecule has 0 aliphatic carbocycles. The third-order valence-corrected chi connectivity index (χ3v) is 6.51. The van der Waals surface area contributed by atoms with Gasteiger partial charge in [0.2, 0.25) is 5.91 Å². The zero-order valence-corrected chi connectivity index (χ0v) is 21.7. The van der Waals surface area contributed by atoms with Gasteiger partial charge in [-0.05, 0) is 62.4 Å². The first kappa shape index (κ1) is 27.3. The number of carbonyl (C=O) groups excluding carboxylic acids is 2. The van der Waals surface area contributed by atoms with Gasteiger partial charge in [-0.3, -0.25) is 19.4 Å². The molecule has 3 aromatic rings. The zero-order valence-electron chi connectivity index (χ0n) is 21.7. The lowest BCUT2D eigenvalue weighted by atomic mass is 10.1. The molecule has 1 saturated heterocycles. The quantitative estimate of drug-likeness (QED) is 0.373. The SMILES string of the molecule is CC(C)OCCCNC(=O)c1c(O)c2ncc(Cc3ccc(F)cc3)cc2n(CCN2CCCC2=O)c1=O. The maximum Gasteiger partial charge on any atom is 0.267 e. The van der Waals surface area contributed by atoms with Crippen molar-refractivity contribution in [3.8, 4) is 5.75 Å². The Morgan fingerprint density at radius 1 is 1.18 bits per heavy atom. The molecule has 9 nitrogen and oxygen atoms in total. The minimum Gasteiger partial charge on any atom is -0.505 e. The van der Waals surface area contributed by atoms with E-state index < -0.39 is 17.2 Å². The highest BCUT2D eigenvalue weighted by atomic mass is 19.1. The van der Waals surface area contributed by atoms with Crippen molar-refractivity contribution in [2.24, 2.45) is 0 Å². The Bertz CT molecular complexity index is 1370. The molecule has 2 N–H and O–H groups in total. The van der Waals surface area contributed by atoms with E-state index in [1.165, 1.54) is 16.7 Å². The van der Waals surface area contributed by atoms with Crippen molar-refractivity contribution in [3.63, 3.8) is 0 Å². The number of benzene rings is 1. The van der Waals surface area contributed by atoms with Crippen molar-refractivity contribution in [1.82, 2.24) is 19.8 Å². The molecule has 2 amide bonds. The van der Waals surface area contributed by atoms with Gasteiger partial charge in [0.05, 0.1) is 11.6 Å². The smallest absolute Gasteiger partial charge is 0.267 e. The highest BCUT2D eigenvalue weighted by Gasteiger charge is 2.25. The van der Waals surface area contributed by atoms with Crippen LogP contribution in [0.2, 0.25) is 0 Å². The fourth-order valence-corrected chi connectivity index (χ4v) is 4.55. The summed E-state index contributed by atoms with van der Waals surface area (Å²) in [4.78, 5) is 44.8. The van der Waals surface area contributed by atoms with E-state index in [4.69, 9.17) is 4.74 Å². The molecule has 0 atom stereocenters. The van der Waals surface area contributed by atoms with Crippen molar-refractivity contribution in [2.45, 2.75) is 52.2 Å². The Morgan fingerprint density at radius 3 is 2.63 bits per heavy atom. The highest BCUT2D eigenvalue weighted by Crippen LogP contribution is 2.26. The molecule has 0 unspecified atom stereocenters. The Labute approximate surface area is 220 Å². The summed E-state index contributed by atoms with van der Waals surface area (Å²) >= 11 is 0. The number of rotatable bonds is 11. The largest absolute Gasteiger partial charge is 0.505 e. The third kappa shape index (κ3) is 6.36. The molecule has 10 heteroatoms. The van der Waals surface area contributed by atoms with Crippen molar-refractivity contribution >= 4 is 22.8 Å². The van der Waals surface area contributed by atoms with Crippen LogP contribution in [-0.4, -0.2) is 63.7 Å². The average Bonchev–Trinajstić information content (AvgIpc) is 3.29. The number of hydrogen-bond acceptors (Lipinski definition) is 6. The van der Waals surface area contributed by atoms with Crippen LogP contribution in [0.5, 0.6) is 5.75 Å². The maximum atomic E-state index is 13.6. The molecule has 0 radical (unpaired) electrons. The van der Waals surface area contributed by atoms with Gasteiger partial charge in [0.15, 0.2) is 5.75 Å². The molecule has 1 aliphatic heterocycles. The Morgan fingerprint density at radius 2 is 1.95 bits per heavy atom. The van der Waals surface area contributed by atoms with Crippen molar-refractivity contribution < 1.29 is 23.8 Å². The van der Waals surface area contributed by atoms with Gasteiger partial charge in [-0.1, -0.05) is 12.1 Å². The lowest BCUT2D eigenvalue weighted by Gasteiger charge is -2.19. The second kappa shape index (κ2) is 12.2. The van der Waals surface area contributed by atoms with E-state index in [2.05, 4.69) is 10.3 Å². The molecule has 0 saturated carbocycles. The Kier molecular flexibility index (Phi) is 8.73. The molecule has 1 aliphatic rings. The molecule has 1 aromatic carbocycles. The molecular formula is C28H33FN4O5. The lowest BCUT2D eigenvalue weighted by Crippen LogP contribution is -2.37. The average molecular weight is 525 g/mol. The molecule has 0 bridgehead atoms. The number of ether oxygens (including phenoxy) is 1. The molecule has 3 heterocycles. The first-order valence-corrected chi connectivity index (χ1v) is 12.9. The fourth-order valence-electron chi connectivity index (χ4n) is 4.55. The number of fused-ring (bicyclic) bond motifs is 1. The molecule has 2 aromatic heterocycles. The number of aromatic nitrogens is 2. The number of nitrogens with one attached hydrogen (secondary N) is 1. The van der Waals surface area contributed by atoms with Gasteiger partial charge in [0.25, 0.3) is 11.5 Å². The topological polar surface area (TPSA) is 114 Å². The zero-order chi connectivity index (χ0) is 27.2. The number of halogens is 1. The summed E-state index contributed by atoms with van der Waals surface area (Å²) < 4.78 is 20.2. The molecule has 1 fully saturated rings. The number of hydrogen-bond donors (Lipinski definition) is 2. The molecular weight excluding hydrogens is 491 g/mol. The predicted molar refractivity (Wildman–Crippen MR) is 141 cm³/mol. The van der Waals surface area contributed by atoms with Gasteiger partial charge in [-0.25, -0.2) is 4.39 Å². The van der Waals surface area contributed by atoms with Crippen LogP contribution < -0.4 is 10.9 Å².